The number of nitrogens with zero attached hydrogens (tertiary/aromatic N) is 1. The molecule has 1 aromatic carbocycles. The van der Waals surface area contributed by atoms with E-state index in [1.165, 1.54) is 0 Å². The largest absolute Gasteiger partial charge is 0.494 e. The van der Waals surface area contributed by atoms with Crippen LogP contribution < -0.4 is 10.5 Å². The van der Waals surface area contributed by atoms with Gasteiger partial charge in [-0.2, -0.15) is 5.10 Å². The second kappa shape index (κ2) is 5.78. The van der Waals surface area contributed by atoms with Crippen molar-refractivity contribution >= 4 is 5.82 Å². The normalized spacial score (nSPS) is 10.9. The van der Waals surface area contributed by atoms with Gasteiger partial charge >= 0.3 is 0 Å². The van der Waals surface area contributed by atoms with E-state index in [2.05, 4.69) is 31.0 Å². The Hall–Kier alpha value is -1.97. The third-order valence-electron chi connectivity index (χ3n) is 3.01. The average molecular weight is 259 g/mol. The number of benzene rings is 1. The number of ether oxygens (including phenoxy) is 1. The van der Waals surface area contributed by atoms with E-state index in [0.717, 1.165) is 35.6 Å². The molecule has 0 saturated heterocycles. The minimum Gasteiger partial charge on any atom is -0.494 e. The highest BCUT2D eigenvalue weighted by Crippen LogP contribution is 2.32. The first-order valence-corrected chi connectivity index (χ1v) is 6.70. The van der Waals surface area contributed by atoms with Gasteiger partial charge in [-0.05, 0) is 24.5 Å². The van der Waals surface area contributed by atoms with Gasteiger partial charge in [0.15, 0.2) is 0 Å². The molecule has 0 atom stereocenters. The summed E-state index contributed by atoms with van der Waals surface area (Å²) in [5.41, 5.74) is 9.02. The Bertz CT molecular complexity index is 546. The molecule has 1 heterocycles. The van der Waals surface area contributed by atoms with Crippen LogP contribution in [0.5, 0.6) is 5.75 Å². The number of aromatic amines is 1. The molecule has 0 aliphatic heterocycles. The lowest BCUT2D eigenvalue weighted by atomic mass is 9.98. The van der Waals surface area contributed by atoms with E-state index in [1.807, 2.05) is 24.3 Å². The Morgan fingerprint density at radius 1 is 1.37 bits per heavy atom. The van der Waals surface area contributed by atoms with Crippen LogP contribution in [-0.4, -0.2) is 16.8 Å². The molecule has 0 bridgehead atoms. The van der Waals surface area contributed by atoms with Gasteiger partial charge in [0, 0.05) is 11.1 Å². The van der Waals surface area contributed by atoms with Gasteiger partial charge in [0.25, 0.3) is 0 Å². The van der Waals surface area contributed by atoms with Gasteiger partial charge < -0.3 is 10.5 Å². The number of H-pyrrole nitrogens is 1. The lowest BCUT2D eigenvalue weighted by Crippen LogP contribution is -1.97. The number of anilines is 1. The Morgan fingerprint density at radius 3 is 2.84 bits per heavy atom. The first kappa shape index (κ1) is 13.5. The maximum atomic E-state index is 5.92. The molecule has 102 valence electrons. The van der Waals surface area contributed by atoms with Crippen LogP contribution in [0.3, 0.4) is 0 Å². The van der Waals surface area contributed by atoms with Crippen LogP contribution in [0.15, 0.2) is 24.3 Å². The van der Waals surface area contributed by atoms with Gasteiger partial charge in [0.05, 0.1) is 12.3 Å². The zero-order valence-corrected chi connectivity index (χ0v) is 11.7. The van der Waals surface area contributed by atoms with Crippen molar-refractivity contribution in [1.29, 1.82) is 0 Å². The van der Waals surface area contributed by atoms with Gasteiger partial charge in [0.2, 0.25) is 0 Å². The van der Waals surface area contributed by atoms with Crippen molar-refractivity contribution in [2.24, 2.45) is 0 Å². The molecular formula is C15H21N3O. The fraction of sp³-hybridized carbons (Fsp3) is 0.400. The van der Waals surface area contributed by atoms with Crippen LogP contribution in [-0.2, 0) is 0 Å². The maximum Gasteiger partial charge on any atom is 0.149 e. The van der Waals surface area contributed by atoms with Crippen molar-refractivity contribution in [3.05, 3.63) is 29.8 Å². The number of nitrogens with two attached hydrogens (primary N) is 1. The fourth-order valence-corrected chi connectivity index (χ4v) is 2.13. The summed E-state index contributed by atoms with van der Waals surface area (Å²) in [6.07, 6.45) is 0.998. The molecule has 1 aromatic heterocycles. The molecule has 4 heteroatoms. The molecule has 19 heavy (non-hydrogen) atoms. The molecule has 0 spiro atoms. The maximum absolute atomic E-state index is 5.92. The Kier molecular flexibility index (Phi) is 4.10. The first-order valence-electron chi connectivity index (χ1n) is 6.70. The summed E-state index contributed by atoms with van der Waals surface area (Å²) in [5.74, 6) is 1.78. The molecule has 0 amide bonds. The van der Waals surface area contributed by atoms with E-state index in [9.17, 15) is 0 Å². The smallest absolute Gasteiger partial charge is 0.149 e. The summed E-state index contributed by atoms with van der Waals surface area (Å²) in [6.45, 7) is 7.05. The van der Waals surface area contributed by atoms with Crippen LogP contribution >= 0.6 is 0 Å². The number of hydrogen-bond acceptors (Lipinski definition) is 3. The molecule has 2 rings (SSSR count). The van der Waals surface area contributed by atoms with Crippen LogP contribution in [0.2, 0.25) is 0 Å². The van der Waals surface area contributed by atoms with Crippen molar-refractivity contribution in [3.8, 4) is 17.0 Å². The summed E-state index contributed by atoms with van der Waals surface area (Å²) >= 11 is 0. The second-order valence-corrected chi connectivity index (χ2v) is 4.93. The van der Waals surface area contributed by atoms with Crippen LogP contribution in [0, 0.1) is 0 Å². The van der Waals surface area contributed by atoms with Gasteiger partial charge in [-0.3, -0.25) is 5.10 Å². The number of hydrogen-bond donors (Lipinski definition) is 2. The van der Waals surface area contributed by atoms with Crippen molar-refractivity contribution in [3.63, 3.8) is 0 Å². The van der Waals surface area contributed by atoms with Crippen molar-refractivity contribution in [2.75, 3.05) is 12.3 Å². The highest BCUT2D eigenvalue weighted by Gasteiger charge is 2.15. The number of nitrogen functional groups attached to an aromatic ring is 1. The summed E-state index contributed by atoms with van der Waals surface area (Å²) in [5, 5.41) is 7.14. The fourth-order valence-electron chi connectivity index (χ4n) is 2.13. The van der Waals surface area contributed by atoms with E-state index in [-0.39, 0.29) is 0 Å². The molecule has 0 unspecified atom stereocenters. The molecule has 0 aliphatic carbocycles. The van der Waals surface area contributed by atoms with E-state index < -0.39 is 0 Å². The molecular weight excluding hydrogens is 238 g/mol. The van der Waals surface area contributed by atoms with Crippen LogP contribution in [0.25, 0.3) is 11.3 Å². The van der Waals surface area contributed by atoms with Crippen LogP contribution in [0.1, 0.15) is 38.7 Å². The van der Waals surface area contributed by atoms with Crippen molar-refractivity contribution < 1.29 is 4.74 Å². The first-order chi connectivity index (χ1) is 9.13. The Balaban J connectivity index is 2.36. The number of aromatic nitrogens is 2. The average Bonchev–Trinajstić information content (AvgIpc) is 2.79. The van der Waals surface area contributed by atoms with Crippen molar-refractivity contribution in [1.82, 2.24) is 10.2 Å². The Labute approximate surface area is 114 Å². The van der Waals surface area contributed by atoms with E-state index in [4.69, 9.17) is 10.5 Å². The van der Waals surface area contributed by atoms with Crippen LogP contribution in [0.4, 0.5) is 5.82 Å². The lowest BCUT2D eigenvalue weighted by Gasteiger charge is -2.09. The molecule has 0 fully saturated rings. The highest BCUT2D eigenvalue weighted by molar-refractivity contribution is 5.70. The molecule has 2 aromatic rings. The van der Waals surface area contributed by atoms with E-state index >= 15 is 0 Å². The minimum atomic E-state index is 0.328. The third kappa shape index (κ3) is 2.89. The monoisotopic (exact) mass is 259 g/mol. The minimum absolute atomic E-state index is 0.328. The molecule has 0 saturated carbocycles. The second-order valence-electron chi connectivity index (χ2n) is 4.93. The zero-order chi connectivity index (χ0) is 13.8. The zero-order valence-electron chi connectivity index (χ0n) is 11.7. The lowest BCUT2D eigenvalue weighted by molar-refractivity contribution is 0.317. The van der Waals surface area contributed by atoms with Gasteiger partial charge in [-0.25, -0.2) is 0 Å². The molecule has 3 N–H and O–H groups in total. The Morgan fingerprint density at radius 2 is 2.16 bits per heavy atom. The summed E-state index contributed by atoms with van der Waals surface area (Å²) in [6, 6.07) is 8.02. The van der Waals surface area contributed by atoms with Gasteiger partial charge in [-0.15, -0.1) is 0 Å². The number of rotatable bonds is 5. The summed E-state index contributed by atoms with van der Waals surface area (Å²) in [4.78, 5) is 0. The highest BCUT2D eigenvalue weighted by atomic mass is 16.5. The SMILES string of the molecule is CCCOc1cccc(-c2[nH]nc(N)c2C(C)C)c1. The van der Waals surface area contributed by atoms with Gasteiger partial charge in [0.1, 0.15) is 11.6 Å². The summed E-state index contributed by atoms with van der Waals surface area (Å²) in [7, 11) is 0. The topological polar surface area (TPSA) is 63.9 Å². The van der Waals surface area contributed by atoms with Crippen molar-refractivity contribution in [2.45, 2.75) is 33.1 Å². The van der Waals surface area contributed by atoms with E-state index in [1.54, 1.807) is 0 Å². The summed E-state index contributed by atoms with van der Waals surface area (Å²) < 4.78 is 5.66. The molecule has 4 nitrogen and oxygen atoms in total. The standard InChI is InChI=1S/C15H21N3O/c1-4-8-19-12-7-5-6-11(9-12)14-13(10(2)3)15(16)18-17-14/h5-7,9-10H,4,8H2,1-3H3,(H3,16,17,18). The predicted molar refractivity (Wildman–Crippen MR) is 78.3 cm³/mol. The molecule has 0 aliphatic rings. The molecule has 0 radical (unpaired) electrons. The quantitative estimate of drug-likeness (QED) is 0.862. The van der Waals surface area contributed by atoms with Gasteiger partial charge in [-0.1, -0.05) is 32.9 Å². The van der Waals surface area contributed by atoms with E-state index in [0.29, 0.717) is 11.7 Å². The number of nitrogens with one attached hydrogen (secondary N) is 1. The third-order valence-corrected chi connectivity index (χ3v) is 3.01. The predicted octanol–water partition coefficient (Wildman–Crippen LogP) is 3.57.